The van der Waals surface area contributed by atoms with Crippen LogP contribution in [0.2, 0.25) is 0 Å². The van der Waals surface area contributed by atoms with Crippen LogP contribution in [0.5, 0.6) is 5.75 Å². The fourth-order valence-corrected chi connectivity index (χ4v) is 3.14. The number of hydrogen-bond donors (Lipinski definition) is 0. The molecule has 1 heterocycles. The van der Waals surface area contributed by atoms with Gasteiger partial charge in [-0.25, -0.2) is 0 Å². The third kappa shape index (κ3) is 3.14. The number of nitrogens with zero attached hydrogens (tertiary/aromatic N) is 1. The van der Waals surface area contributed by atoms with Gasteiger partial charge in [0.05, 0.1) is 7.11 Å². The number of ether oxygens (including phenoxy) is 1. The van der Waals surface area contributed by atoms with Crippen molar-refractivity contribution < 1.29 is 9.53 Å². The average Bonchev–Trinajstić information content (AvgIpc) is 2.49. The molecule has 0 aromatic heterocycles. The van der Waals surface area contributed by atoms with Crippen LogP contribution in [-0.2, 0) is 0 Å². The molecule has 0 bridgehead atoms. The summed E-state index contributed by atoms with van der Waals surface area (Å²) >= 11 is 0. The average molecular weight is 275 g/mol. The molecular formula is C17H25NO2. The summed E-state index contributed by atoms with van der Waals surface area (Å²) in [5.74, 6) is 1.56. The van der Waals surface area contributed by atoms with Gasteiger partial charge in [-0.3, -0.25) is 4.79 Å². The molecule has 3 heteroatoms. The minimum atomic E-state index is 0.164. The van der Waals surface area contributed by atoms with Crippen LogP contribution in [0.15, 0.2) is 24.3 Å². The maximum atomic E-state index is 12.7. The van der Waals surface area contributed by atoms with Gasteiger partial charge in [0, 0.05) is 18.2 Å². The quantitative estimate of drug-likeness (QED) is 0.838. The zero-order valence-corrected chi connectivity index (χ0v) is 12.8. The van der Waals surface area contributed by atoms with Crippen LogP contribution in [-0.4, -0.2) is 30.5 Å². The molecule has 2 unspecified atom stereocenters. The number of carbonyl (C=O) groups is 1. The first-order chi connectivity index (χ1) is 9.67. The Morgan fingerprint density at radius 2 is 2.05 bits per heavy atom. The Labute approximate surface area is 121 Å². The summed E-state index contributed by atoms with van der Waals surface area (Å²) in [6.45, 7) is 5.35. The maximum Gasteiger partial charge on any atom is 0.254 e. The number of benzene rings is 1. The van der Waals surface area contributed by atoms with Gasteiger partial charge >= 0.3 is 0 Å². The van der Waals surface area contributed by atoms with E-state index in [1.807, 2.05) is 24.3 Å². The molecule has 1 saturated heterocycles. The van der Waals surface area contributed by atoms with Crippen molar-refractivity contribution in [3.8, 4) is 5.75 Å². The molecule has 1 aliphatic heterocycles. The lowest BCUT2D eigenvalue weighted by Gasteiger charge is -2.40. The molecule has 0 saturated carbocycles. The molecule has 2 rings (SSSR count). The second-order valence-electron chi connectivity index (χ2n) is 5.70. The van der Waals surface area contributed by atoms with E-state index in [2.05, 4.69) is 18.7 Å². The standard InChI is InChI=1S/C17H25NO2/c1-4-6-16-13(2)7-5-12-18(16)17(19)14-8-10-15(20-3)11-9-14/h8-11,13,16H,4-7,12H2,1-3H3. The smallest absolute Gasteiger partial charge is 0.254 e. The van der Waals surface area contributed by atoms with Crippen LogP contribution >= 0.6 is 0 Å². The summed E-state index contributed by atoms with van der Waals surface area (Å²) in [6.07, 6.45) is 4.57. The van der Waals surface area contributed by atoms with Crippen molar-refractivity contribution in [2.75, 3.05) is 13.7 Å². The highest BCUT2D eigenvalue weighted by atomic mass is 16.5. The highest BCUT2D eigenvalue weighted by Gasteiger charge is 2.31. The van der Waals surface area contributed by atoms with Gasteiger partial charge in [0.1, 0.15) is 5.75 Å². The summed E-state index contributed by atoms with van der Waals surface area (Å²) in [5.41, 5.74) is 0.765. The first-order valence-corrected chi connectivity index (χ1v) is 7.62. The summed E-state index contributed by atoms with van der Waals surface area (Å²) in [4.78, 5) is 14.8. The van der Waals surface area contributed by atoms with Crippen LogP contribution in [0.3, 0.4) is 0 Å². The van der Waals surface area contributed by atoms with Crippen LogP contribution < -0.4 is 4.74 Å². The highest BCUT2D eigenvalue weighted by molar-refractivity contribution is 5.94. The molecule has 110 valence electrons. The SMILES string of the molecule is CCCC1C(C)CCCN1C(=O)c1ccc(OC)cc1. The second-order valence-corrected chi connectivity index (χ2v) is 5.70. The Morgan fingerprint density at radius 1 is 1.35 bits per heavy atom. The van der Waals surface area contributed by atoms with Gasteiger partial charge in [-0.2, -0.15) is 0 Å². The van der Waals surface area contributed by atoms with Crippen molar-refractivity contribution in [2.24, 2.45) is 5.92 Å². The van der Waals surface area contributed by atoms with Crippen molar-refractivity contribution >= 4 is 5.91 Å². The predicted molar refractivity (Wildman–Crippen MR) is 81.1 cm³/mol. The number of rotatable bonds is 4. The fourth-order valence-electron chi connectivity index (χ4n) is 3.14. The molecule has 1 amide bonds. The Morgan fingerprint density at radius 3 is 2.65 bits per heavy atom. The molecule has 1 aromatic rings. The molecule has 0 radical (unpaired) electrons. The van der Waals surface area contributed by atoms with Gasteiger partial charge in [-0.1, -0.05) is 20.3 Å². The summed E-state index contributed by atoms with van der Waals surface area (Å²) < 4.78 is 5.15. The predicted octanol–water partition coefficient (Wildman–Crippen LogP) is 3.74. The van der Waals surface area contributed by atoms with Crippen LogP contribution in [0.4, 0.5) is 0 Å². The molecule has 2 atom stereocenters. The first kappa shape index (κ1) is 14.9. The molecule has 0 aliphatic carbocycles. The lowest BCUT2D eigenvalue weighted by molar-refractivity contribution is 0.0497. The number of methoxy groups -OCH3 is 1. The third-order valence-electron chi connectivity index (χ3n) is 4.30. The largest absolute Gasteiger partial charge is 0.497 e. The normalized spacial score (nSPS) is 22.6. The molecule has 1 aliphatic rings. The van der Waals surface area contributed by atoms with Crippen molar-refractivity contribution in [1.29, 1.82) is 0 Å². The number of piperidine rings is 1. The van der Waals surface area contributed by atoms with E-state index < -0.39 is 0 Å². The number of amides is 1. The Balaban J connectivity index is 2.16. The van der Waals surface area contributed by atoms with Crippen molar-refractivity contribution in [3.63, 3.8) is 0 Å². The van der Waals surface area contributed by atoms with Gasteiger partial charge in [0.2, 0.25) is 0 Å². The lowest BCUT2D eigenvalue weighted by Crippen LogP contribution is -2.47. The van der Waals surface area contributed by atoms with E-state index in [-0.39, 0.29) is 5.91 Å². The van der Waals surface area contributed by atoms with Crippen molar-refractivity contribution in [3.05, 3.63) is 29.8 Å². The Bertz CT molecular complexity index is 441. The molecule has 3 nitrogen and oxygen atoms in total. The van der Waals surface area contributed by atoms with E-state index in [9.17, 15) is 4.79 Å². The maximum absolute atomic E-state index is 12.7. The van der Waals surface area contributed by atoms with E-state index in [0.29, 0.717) is 12.0 Å². The fraction of sp³-hybridized carbons (Fsp3) is 0.588. The number of hydrogen-bond acceptors (Lipinski definition) is 2. The van der Waals surface area contributed by atoms with Crippen LogP contribution in [0, 0.1) is 5.92 Å². The van der Waals surface area contributed by atoms with E-state index in [1.165, 1.54) is 6.42 Å². The first-order valence-electron chi connectivity index (χ1n) is 7.62. The molecule has 20 heavy (non-hydrogen) atoms. The third-order valence-corrected chi connectivity index (χ3v) is 4.30. The highest BCUT2D eigenvalue weighted by Crippen LogP contribution is 2.28. The van der Waals surface area contributed by atoms with Gasteiger partial charge in [0.15, 0.2) is 0 Å². The van der Waals surface area contributed by atoms with Gasteiger partial charge < -0.3 is 9.64 Å². The number of likely N-dealkylation sites (tertiary alicyclic amines) is 1. The van der Waals surface area contributed by atoms with Crippen molar-refractivity contribution in [1.82, 2.24) is 4.90 Å². The summed E-state index contributed by atoms with van der Waals surface area (Å²) in [6, 6.07) is 7.83. The summed E-state index contributed by atoms with van der Waals surface area (Å²) in [5, 5.41) is 0. The van der Waals surface area contributed by atoms with Crippen LogP contribution in [0.1, 0.15) is 49.9 Å². The zero-order valence-electron chi connectivity index (χ0n) is 12.8. The molecule has 1 fully saturated rings. The molecule has 0 N–H and O–H groups in total. The van der Waals surface area contributed by atoms with E-state index >= 15 is 0 Å². The van der Waals surface area contributed by atoms with Crippen molar-refractivity contribution in [2.45, 2.75) is 45.6 Å². The molecule has 1 aromatic carbocycles. The minimum Gasteiger partial charge on any atom is -0.497 e. The minimum absolute atomic E-state index is 0.164. The zero-order chi connectivity index (χ0) is 14.5. The topological polar surface area (TPSA) is 29.5 Å². The number of carbonyl (C=O) groups excluding carboxylic acids is 1. The van der Waals surface area contributed by atoms with Crippen LogP contribution in [0.25, 0.3) is 0 Å². The lowest BCUT2D eigenvalue weighted by atomic mass is 9.87. The van der Waals surface area contributed by atoms with Gasteiger partial charge in [-0.15, -0.1) is 0 Å². The van der Waals surface area contributed by atoms with E-state index in [1.54, 1.807) is 7.11 Å². The summed E-state index contributed by atoms with van der Waals surface area (Å²) in [7, 11) is 1.64. The molecule has 0 spiro atoms. The van der Waals surface area contributed by atoms with E-state index in [0.717, 1.165) is 37.1 Å². The van der Waals surface area contributed by atoms with E-state index in [4.69, 9.17) is 4.74 Å². The monoisotopic (exact) mass is 275 g/mol. The van der Waals surface area contributed by atoms with Gasteiger partial charge in [0.25, 0.3) is 5.91 Å². The molecular weight excluding hydrogens is 250 g/mol. The second kappa shape index (κ2) is 6.78. The Hall–Kier alpha value is -1.51. The Kier molecular flexibility index (Phi) is 5.05. The van der Waals surface area contributed by atoms with Gasteiger partial charge in [-0.05, 0) is 49.4 Å².